The van der Waals surface area contributed by atoms with Gasteiger partial charge in [0, 0.05) is 17.4 Å². The maximum Gasteiger partial charge on any atom is 0.125 e. The Labute approximate surface area is 127 Å². The van der Waals surface area contributed by atoms with Crippen molar-refractivity contribution in [1.29, 1.82) is 0 Å². The predicted molar refractivity (Wildman–Crippen MR) is 79.7 cm³/mol. The molecule has 1 spiro atoms. The maximum atomic E-state index is 13.4. The van der Waals surface area contributed by atoms with Crippen LogP contribution in [0.5, 0.6) is 0 Å². The molecule has 110 valence electrons. The van der Waals surface area contributed by atoms with Crippen molar-refractivity contribution in [2.24, 2.45) is 5.92 Å². The molecule has 0 aliphatic carbocycles. The van der Waals surface area contributed by atoms with Gasteiger partial charge in [0.15, 0.2) is 0 Å². The number of benzene rings is 1. The van der Waals surface area contributed by atoms with E-state index in [1.54, 1.807) is 6.07 Å². The number of thioether (sulfide) groups is 1. The van der Waals surface area contributed by atoms with E-state index in [-0.39, 0.29) is 11.5 Å². The van der Waals surface area contributed by atoms with Gasteiger partial charge >= 0.3 is 0 Å². The van der Waals surface area contributed by atoms with Gasteiger partial charge in [-0.1, -0.05) is 11.6 Å². The van der Waals surface area contributed by atoms with Crippen LogP contribution in [-0.2, 0) is 4.74 Å². The molecule has 3 unspecified atom stereocenters. The molecular weight excluding hydrogens is 299 g/mol. The minimum absolute atomic E-state index is 0.0777. The average Bonchev–Trinajstić information content (AvgIpc) is 2.85. The van der Waals surface area contributed by atoms with Crippen LogP contribution >= 0.6 is 23.4 Å². The van der Waals surface area contributed by atoms with Crippen molar-refractivity contribution in [3.63, 3.8) is 0 Å². The molecule has 2 aliphatic rings. The van der Waals surface area contributed by atoms with Crippen molar-refractivity contribution < 1.29 is 14.2 Å². The summed E-state index contributed by atoms with van der Waals surface area (Å²) in [5.74, 6) is 1.83. The van der Waals surface area contributed by atoms with E-state index >= 15 is 0 Å². The highest BCUT2D eigenvalue weighted by molar-refractivity contribution is 7.99. The summed E-state index contributed by atoms with van der Waals surface area (Å²) in [5.41, 5.74) is 0.494. The van der Waals surface area contributed by atoms with E-state index in [1.165, 1.54) is 12.1 Å². The summed E-state index contributed by atoms with van der Waals surface area (Å²) in [6, 6.07) is 4.29. The van der Waals surface area contributed by atoms with Crippen molar-refractivity contribution in [1.82, 2.24) is 0 Å². The number of rotatable bonds is 2. The summed E-state index contributed by atoms with van der Waals surface area (Å²) in [6.45, 7) is 0.672. The number of aliphatic hydroxyl groups is 1. The van der Waals surface area contributed by atoms with E-state index in [0.29, 0.717) is 17.2 Å². The van der Waals surface area contributed by atoms with E-state index in [9.17, 15) is 9.50 Å². The van der Waals surface area contributed by atoms with Gasteiger partial charge in [0.2, 0.25) is 0 Å². The highest BCUT2D eigenvalue weighted by Crippen LogP contribution is 2.44. The lowest BCUT2D eigenvalue weighted by molar-refractivity contribution is -0.102. The van der Waals surface area contributed by atoms with Crippen molar-refractivity contribution in [3.8, 4) is 0 Å². The second kappa shape index (κ2) is 5.84. The first-order valence-electron chi connectivity index (χ1n) is 6.94. The minimum atomic E-state index is -0.672. The fourth-order valence-corrected chi connectivity index (χ4v) is 4.82. The Kier molecular flexibility index (Phi) is 4.27. The van der Waals surface area contributed by atoms with Crippen molar-refractivity contribution >= 4 is 23.4 Å². The number of hydrogen-bond acceptors (Lipinski definition) is 3. The van der Waals surface area contributed by atoms with Crippen LogP contribution in [0, 0.1) is 11.7 Å². The van der Waals surface area contributed by atoms with Crippen molar-refractivity contribution in [3.05, 3.63) is 34.6 Å². The molecule has 0 amide bonds. The average molecular weight is 317 g/mol. The van der Waals surface area contributed by atoms with Crippen LogP contribution in [0.1, 0.15) is 30.9 Å². The molecule has 1 aromatic carbocycles. The number of aliphatic hydroxyl groups excluding tert-OH is 1. The van der Waals surface area contributed by atoms with Crippen LogP contribution in [-0.4, -0.2) is 28.8 Å². The molecule has 1 aromatic rings. The highest BCUT2D eigenvalue weighted by atomic mass is 35.5. The van der Waals surface area contributed by atoms with Crippen LogP contribution in [0.4, 0.5) is 4.39 Å². The zero-order chi connectivity index (χ0) is 14.2. The van der Waals surface area contributed by atoms with Gasteiger partial charge in [-0.15, -0.1) is 0 Å². The largest absolute Gasteiger partial charge is 0.388 e. The van der Waals surface area contributed by atoms with Crippen LogP contribution < -0.4 is 0 Å². The molecule has 0 bridgehead atoms. The first-order valence-corrected chi connectivity index (χ1v) is 8.47. The Balaban J connectivity index is 1.77. The molecule has 5 heteroatoms. The molecule has 0 saturated carbocycles. The van der Waals surface area contributed by atoms with Gasteiger partial charge in [-0.05, 0) is 54.7 Å². The third kappa shape index (κ3) is 2.98. The van der Waals surface area contributed by atoms with Gasteiger partial charge in [0.1, 0.15) is 5.82 Å². The third-order valence-electron chi connectivity index (χ3n) is 4.27. The minimum Gasteiger partial charge on any atom is -0.388 e. The summed E-state index contributed by atoms with van der Waals surface area (Å²) in [7, 11) is 0. The highest BCUT2D eigenvalue weighted by Gasteiger charge is 2.42. The summed E-state index contributed by atoms with van der Waals surface area (Å²) < 4.78 is 19.4. The predicted octanol–water partition coefficient (Wildman–Crippen LogP) is 3.81. The van der Waals surface area contributed by atoms with Gasteiger partial charge in [-0.3, -0.25) is 0 Å². The molecule has 2 aliphatic heterocycles. The van der Waals surface area contributed by atoms with E-state index in [1.807, 2.05) is 11.8 Å². The molecule has 2 nitrogen and oxygen atoms in total. The summed E-state index contributed by atoms with van der Waals surface area (Å²) in [4.78, 5) is 0. The van der Waals surface area contributed by atoms with Gasteiger partial charge < -0.3 is 9.84 Å². The first-order chi connectivity index (χ1) is 9.58. The van der Waals surface area contributed by atoms with Gasteiger partial charge in [0.25, 0.3) is 0 Å². The zero-order valence-electron chi connectivity index (χ0n) is 11.1. The molecule has 3 rings (SSSR count). The normalized spacial score (nSPS) is 31.6. The Hall–Kier alpha value is -0.290. The topological polar surface area (TPSA) is 29.5 Å². The molecule has 2 fully saturated rings. The van der Waals surface area contributed by atoms with Crippen LogP contribution in [0.3, 0.4) is 0 Å². The summed E-state index contributed by atoms with van der Waals surface area (Å²) in [5, 5.41) is 10.9. The van der Waals surface area contributed by atoms with Crippen LogP contribution in [0.2, 0.25) is 5.02 Å². The molecular formula is C15H18ClFO2S. The van der Waals surface area contributed by atoms with Gasteiger partial charge in [0.05, 0.1) is 11.7 Å². The van der Waals surface area contributed by atoms with Crippen molar-refractivity contribution in [2.45, 2.75) is 31.0 Å². The molecule has 0 radical (unpaired) electrons. The Morgan fingerprint density at radius 1 is 1.45 bits per heavy atom. The maximum absolute atomic E-state index is 13.4. The summed E-state index contributed by atoms with van der Waals surface area (Å²) in [6.07, 6.45) is 2.02. The quantitative estimate of drug-likeness (QED) is 0.899. The second-order valence-corrected chi connectivity index (χ2v) is 7.28. The van der Waals surface area contributed by atoms with Crippen LogP contribution in [0.25, 0.3) is 0 Å². The lowest BCUT2D eigenvalue weighted by Crippen LogP contribution is -2.41. The fraction of sp³-hybridized carbons (Fsp3) is 0.600. The van der Waals surface area contributed by atoms with E-state index < -0.39 is 11.9 Å². The van der Waals surface area contributed by atoms with E-state index in [4.69, 9.17) is 16.3 Å². The SMILES string of the molecule is OC(c1cc(F)cc(Cl)c1)C1CCOC2(CCSC2)C1. The monoisotopic (exact) mass is 316 g/mol. The molecule has 20 heavy (non-hydrogen) atoms. The van der Waals surface area contributed by atoms with E-state index in [2.05, 4.69) is 0 Å². The number of halogens is 2. The molecule has 3 atom stereocenters. The zero-order valence-corrected chi connectivity index (χ0v) is 12.7. The first kappa shape index (κ1) is 14.6. The van der Waals surface area contributed by atoms with Crippen LogP contribution in [0.15, 0.2) is 18.2 Å². The third-order valence-corrected chi connectivity index (χ3v) is 5.71. The molecule has 2 saturated heterocycles. The van der Waals surface area contributed by atoms with Crippen molar-refractivity contribution in [2.75, 3.05) is 18.1 Å². The Morgan fingerprint density at radius 3 is 3.00 bits per heavy atom. The van der Waals surface area contributed by atoms with Gasteiger partial charge in [-0.25, -0.2) is 4.39 Å². The smallest absolute Gasteiger partial charge is 0.125 e. The van der Waals surface area contributed by atoms with E-state index in [0.717, 1.165) is 30.8 Å². The molecule has 1 N–H and O–H groups in total. The number of hydrogen-bond donors (Lipinski definition) is 1. The standard InChI is InChI=1S/C15H18ClFO2S/c16-12-5-11(6-13(17)7-12)14(18)10-1-3-19-15(8-10)2-4-20-9-15/h5-7,10,14,18H,1-4,8-9H2. The number of ether oxygens (including phenoxy) is 1. The Bertz CT molecular complexity index is 471. The molecule has 2 heterocycles. The van der Waals surface area contributed by atoms with Gasteiger partial charge in [-0.2, -0.15) is 11.8 Å². The lowest BCUT2D eigenvalue weighted by atomic mass is 9.80. The molecule has 0 aromatic heterocycles. The lowest BCUT2D eigenvalue weighted by Gasteiger charge is -2.39. The fourth-order valence-electron chi connectivity index (χ4n) is 3.22. The summed E-state index contributed by atoms with van der Waals surface area (Å²) >= 11 is 7.78. The second-order valence-electron chi connectivity index (χ2n) is 5.73. The Morgan fingerprint density at radius 2 is 2.30 bits per heavy atom.